The van der Waals surface area contributed by atoms with Crippen LogP contribution in [0.2, 0.25) is 0 Å². The molecule has 1 rings (SSSR count). The Morgan fingerprint density at radius 3 is 1.83 bits per heavy atom. The molecular weight excluding hydrogens is 409 g/mol. The van der Waals surface area contributed by atoms with E-state index in [1.54, 1.807) is 0 Å². The van der Waals surface area contributed by atoms with E-state index < -0.39 is 0 Å². The van der Waals surface area contributed by atoms with E-state index in [0.717, 1.165) is 35.6 Å². The first-order valence-electron chi connectivity index (χ1n) is 9.57. The van der Waals surface area contributed by atoms with Gasteiger partial charge in [-0.1, -0.05) is 64.7 Å². The van der Waals surface area contributed by atoms with E-state index in [1.165, 1.54) is 63.4 Å². The number of nitrogen functional groups attached to an aromatic ring is 1. The van der Waals surface area contributed by atoms with Gasteiger partial charge in [0.1, 0.15) is 5.75 Å². The minimum absolute atomic E-state index is 0. The Labute approximate surface area is 167 Å². The molecule has 0 fully saturated rings. The third-order valence-corrected chi connectivity index (χ3v) is 4.81. The molecule has 140 valence electrons. The van der Waals surface area contributed by atoms with Crippen LogP contribution in [0.25, 0.3) is 0 Å². The third kappa shape index (κ3) is 8.59. The molecule has 1 aromatic carbocycles. The number of ether oxygens (including phenoxy) is 1. The first-order chi connectivity index (χ1) is 11.1. The summed E-state index contributed by atoms with van der Waals surface area (Å²) in [6, 6.07) is 2.02. The molecule has 3 heteroatoms. The van der Waals surface area contributed by atoms with Crippen LogP contribution in [0, 0.1) is 20.8 Å². The molecule has 24 heavy (non-hydrogen) atoms. The van der Waals surface area contributed by atoms with E-state index in [0.29, 0.717) is 0 Å². The Morgan fingerprint density at radius 2 is 1.29 bits per heavy atom. The zero-order valence-corrected chi connectivity index (χ0v) is 18.6. The summed E-state index contributed by atoms with van der Waals surface area (Å²) in [5, 5.41) is 0. The molecule has 0 bridgehead atoms. The summed E-state index contributed by atoms with van der Waals surface area (Å²) in [4.78, 5) is 0. The zero-order chi connectivity index (χ0) is 17.1. The van der Waals surface area contributed by atoms with Gasteiger partial charge in [0, 0.05) is 5.69 Å². The van der Waals surface area contributed by atoms with Crippen molar-refractivity contribution >= 4 is 29.7 Å². The summed E-state index contributed by atoms with van der Waals surface area (Å²) in [6.45, 7) is 9.35. The molecule has 2 nitrogen and oxygen atoms in total. The highest BCUT2D eigenvalue weighted by atomic mass is 127. The molecule has 0 aliphatic carbocycles. The van der Waals surface area contributed by atoms with Crippen molar-refractivity contribution in [2.75, 3.05) is 12.3 Å². The molecule has 0 aliphatic rings. The molecule has 0 amide bonds. The second-order valence-electron chi connectivity index (χ2n) is 6.89. The highest BCUT2D eigenvalue weighted by Crippen LogP contribution is 2.30. The lowest BCUT2D eigenvalue weighted by Gasteiger charge is -2.15. The van der Waals surface area contributed by atoms with Crippen LogP contribution in [0.4, 0.5) is 5.69 Å². The predicted octanol–water partition coefficient (Wildman–Crippen LogP) is 7.11. The van der Waals surface area contributed by atoms with Crippen molar-refractivity contribution in [1.29, 1.82) is 0 Å². The van der Waals surface area contributed by atoms with E-state index in [1.807, 2.05) is 6.07 Å². The summed E-state index contributed by atoms with van der Waals surface area (Å²) in [5.74, 6) is 1.03. The second kappa shape index (κ2) is 13.8. The number of aryl methyl sites for hydroxylation is 1. The van der Waals surface area contributed by atoms with Gasteiger partial charge < -0.3 is 10.5 Å². The van der Waals surface area contributed by atoms with Gasteiger partial charge in [-0.15, -0.1) is 24.0 Å². The molecule has 0 spiro atoms. The van der Waals surface area contributed by atoms with E-state index in [9.17, 15) is 0 Å². The molecule has 0 saturated heterocycles. The molecule has 0 aliphatic heterocycles. The average Bonchev–Trinajstić information content (AvgIpc) is 2.53. The van der Waals surface area contributed by atoms with E-state index >= 15 is 0 Å². The lowest BCUT2D eigenvalue weighted by molar-refractivity contribution is 0.300. The summed E-state index contributed by atoms with van der Waals surface area (Å²) < 4.78 is 6.02. The Bertz CT molecular complexity index is 460. The van der Waals surface area contributed by atoms with Gasteiger partial charge in [-0.25, -0.2) is 0 Å². The number of hydrogen-bond donors (Lipinski definition) is 1. The van der Waals surface area contributed by atoms with E-state index in [2.05, 4.69) is 27.7 Å². The Morgan fingerprint density at radius 1 is 0.792 bits per heavy atom. The average molecular weight is 447 g/mol. The van der Waals surface area contributed by atoms with Crippen LogP contribution in [-0.2, 0) is 0 Å². The lowest BCUT2D eigenvalue weighted by Crippen LogP contribution is -2.03. The smallest absolute Gasteiger partial charge is 0.125 e. The van der Waals surface area contributed by atoms with Crippen molar-refractivity contribution < 1.29 is 4.74 Å². The van der Waals surface area contributed by atoms with Crippen LogP contribution >= 0.6 is 24.0 Å². The van der Waals surface area contributed by atoms with Crippen molar-refractivity contribution in [3.63, 3.8) is 0 Å². The topological polar surface area (TPSA) is 35.2 Å². The molecule has 0 heterocycles. The van der Waals surface area contributed by atoms with Crippen LogP contribution in [-0.4, -0.2) is 6.61 Å². The van der Waals surface area contributed by atoms with E-state index in [4.69, 9.17) is 10.5 Å². The maximum atomic E-state index is 6.02. The number of unbranched alkanes of at least 4 members (excludes halogenated alkanes) is 9. The SMILES string of the molecule is CCCCCCCCCCCCOc1c(C)cc(N)c(C)c1C.I. The van der Waals surface area contributed by atoms with Crippen LogP contribution in [0.15, 0.2) is 6.07 Å². The monoisotopic (exact) mass is 447 g/mol. The molecule has 0 radical (unpaired) electrons. The van der Waals surface area contributed by atoms with Gasteiger partial charge in [0.2, 0.25) is 0 Å². The van der Waals surface area contributed by atoms with Gasteiger partial charge in [-0.3, -0.25) is 0 Å². The van der Waals surface area contributed by atoms with Crippen molar-refractivity contribution in [3.05, 3.63) is 22.8 Å². The predicted molar refractivity (Wildman–Crippen MR) is 118 cm³/mol. The first kappa shape index (κ1) is 23.5. The summed E-state index contributed by atoms with van der Waals surface area (Å²) in [6.07, 6.45) is 13.6. The molecule has 0 unspecified atom stereocenters. The highest BCUT2D eigenvalue weighted by molar-refractivity contribution is 14.0. The van der Waals surface area contributed by atoms with Gasteiger partial charge in [0.25, 0.3) is 0 Å². The summed E-state index contributed by atoms with van der Waals surface area (Å²) in [5.41, 5.74) is 10.3. The number of halogens is 1. The first-order valence-corrected chi connectivity index (χ1v) is 9.57. The zero-order valence-electron chi connectivity index (χ0n) is 16.2. The fourth-order valence-corrected chi connectivity index (χ4v) is 3.08. The van der Waals surface area contributed by atoms with Crippen LogP contribution in [0.3, 0.4) is 0 Å². The number of hydrogen-bond acceptors (Lipinski definition) is 2. The maximum Gasteiger partial charge on any atom is 0.125 e. The molecule has 0 aromatic heterocycles. The van der Waals surface area contributed by atoms with Crippen LogP contribution in [0.5, 0.6) is 5.75 Å². The minimum atomic E-state index is 0. The number of rotatable bonds is 12. The number of anilines is 1. The van der Waals surface area contributed by atoms with Crippen LogP contribution < -0.4 is 10.5 Å². The second-order valence-corrected chi connectivity index (χ2v) is 6.89. The molecule has 2 N–H and O–H groups in total. The Balaban J connectivity index is 0.00000529. The van der Waals surface area contributed by atoms with Gasteiger partial charge in [0.15, 0.2) is 0 Å². The molecule has 0 atom stereocenters. The fraction of sp³-hybridized carbons (Fsp3) is 0.714. The van der Waals surface area contributed by atoms with Crippen LogP contribution in [0.1, 0.15) is 87.8 Å². The minimum Gasteiger partial charge on any atom is -0.493 e. The quantitative estimate of drug-likeness (QED) is 0.211. The van der Waals surface area contributed by atoms with Gasteiger partial charge in [-0.05, 0) is 49.9 Å². The highest BCUT2D eigenvalue weighted by Gasteiger charge is 2.09. The Hall–Kier alpha value is -0.450. The molecular formula is C21H38INO. The lowest BCUT2D eigenvalue weighted by atomic mass is 10.0. The maximum absolute atomic E-state index is 6.02. The van der Waals surface area contributed by atoms with Gasteiger partial charge >= 0.3 is 0 Å². The number of nitrogens with two attached hydrogens (primary N) is 1. The van der Waals surface area contributed by atoms with Crippen molar-refractivity contribution in [2.45, 2.75) is 91.9 Å². The normalized spacial score (nSPS) is 10.5. The summed E-state index contributed by atoms with van der Waals surface area (Å²) >= 11 is 0. The Kier molecular flexibility index (Phi) is 13.5. The summed E-state index contributed by atoms with van der Waals surface area (Å²) in [7, 11) is 0. The van der Waals surface area contributed by atoms with Crippen molar-refractivity contribution in [1.82, 2.24) is 0 Å². The largest absolute Gasteiger partial charge is 0.493 e. The van der Waals surface area contributed by atoms with Gasteiger partial charge in [0.05, 0.1) is 6.61 Å². The fourth-order valence-electron chi connectivity index (χ4n) is 3.08. The molecule has 0 saturated carbocycles. The molecule has 1 aromatic rings. The number of benzene rings is 1. The van der Waals surface area contributed by atoms with Crippen molar-refractivity contribution in [2.24, 2.45) is 0 Å². The standard InChI is InChI=1S/C21H37NO.HI/c1-5-6-7-8-9-10-11-12-13-14-15-23-21-17(2)16-20(22)18(3)19(21)4;/h16H,5-15,22H2,1-4H3;1H. The van der Waals surface area contributed by atoms with Gasteiger partial charge in [-0.2, -0.15) is 0 Å². The third-order valence-electron chi connectivity index (χ3n) is 4.81. The van der Waals surface area contributed by atoms with E-state index in [-0.39, 0.29) is 24.0 Å². The van der Waals surface area contributed by atoms with Crippen molar-refractivity contribution in [3.8, 4) is 5.75 Å².